The van der Waals surface area contributed by atoms with Gasteiger partial charge in [-0.3, -0.25) is 15.7 Å². The van der Waals surface area contributed by atoms with Crippen LogP contribution in [0.1, 0.15) is 19.0 Å². The molecule has 100 valence electrons. The number of nitrogens with two attached hydrogens (primary N) is 1. The van der Waals surface area contributed by atoms with Gasteiger partial charge in [0, 0.05) is 44.0 Å². The van der Waals surface area contributed by atoms with Gasteiger partial charge in [-0.2, -0.15) is 0 Å². The highest BCUT2D eigenvalue weighted by Gasteiger charge is 2.14. The number of hydrogen-bond donors (Lipinski definition) is 2. The lowest BCUT2D eigenvalue weighted by Gasteiger charge is -2.18. The summed E-state index contributed by atoms with van der Waals surface area (Å²) in [5, 5.41) is 2.03. The number of aromatic nitrogens is 2. The van der Waals surface area contributed by atoms with Crippen LogP contribution < -0.4 is 11.3 Å². The van der Waals surface area contributed by atoms with Gasteiger partial charge < -0.3 is 4.74 Å². The second kappa shape index (κ2) is 6.29. The van der Waals surface area contributed by atoms with Crippen molar-refractivity contribution in [2.75, 3.05) is 13.7 Å². The van der Waals surface area contributed by atoms with E-state index in [2.05, 4.69) is 23.5 Å². The van der Waals surface area contributed by atoms with Crippen molar-refractivity contribution in [3.8, 4) is 0 Å². The first kappa shape index (κ1) is 13.5. The molecule has 2 unspecified atom stereocenters. The third-order valence-corrected chi connectivity index (χ3v) is 3.74. The van der Waals surface area contributed by atoms with Crippen molar-refractivity contribution in [1.29, 1.82) is 0 Å². The second-order valence-corrected chi connectivity index (χ2v) is 5.56. The van der Waals surface area contributed by atoms with Crippen molar-refractivity contribution in [3.63, 3.8) is 0 Å². The maximum absolute atomic E-state index is 5.61. The first-order valence-electron chi connectivity index (χ1n) is 6.09. The minimum atomic E-state index is 0.236. The normalized spacial score (nSPS) is 15.1. The molecule has 6 heteroatoms. The van der Waals surface area contributed by atoms with Crippen LogP contribution in [0.3, 0.4) is 0 Å². The third-order valence-electron chi connectivity index (χ3n) is 2.97. The van der Waals surface area contributed by atoms with E-state index in [0.717, 1.165) is 30.1 Å². The average Bonchev–Trinajstić information content (AvgIpc) is 2.88. The molecule has 2 heterocycles. The molecular formula is C12H20N4OS. The van der Waals surface area contributed by atoms with E-state index in [1.165, 1.54) is 0 Å². The molecule has 0 radical (unpaired) electrons. The molecule has 0 aliphatic rings. The quantitative estimate of drug-likeness (QED) is 0.589. The minimum Gasteiger partial charge on any atom is -0.384 e. The summed E-state index contributed by atoms with van der Waals surface area (Å²) < 4.78 is 7.20. The molecule has 0 spiro atoms. The van der Waals surface area contributed by atoms with Crippen LogP contribution in [0, 0.1) is 5.92 Å². The van der Waals surface area contributed by atoms with Crippen LogP contribution in [0.25, 0.3) is 4.96 Å². The minimum absolute atomic E-state index is 0.236. The topological polar surface area (TPSA) is 64.6 Å². The summed E-state index contributed by atoms with van der Waals surface area (Å²) in [6, 6.07) is 0.236. The number of hydrazine groups is 1. The molecular weight excluding hydrogens is 248 g/mol. The Morgan fingerprint density at radius 2 is 2.44 bits per heavy atom. The lowest BCUT2D eigenvalue weighted by Crippen LogP contribution is -2.38. The van der Waals surface area contributed by atoms with E-state index >= 15 is 0 Å². The van der Waals surface area contributed by atoms with Crippen LogP contribution in [-0.2, 0) is 11.2 Å². The number of nitrogens with one attached hydrogen (secondary N) is 1. The second-order valence-electron chi connectivity index (χ2n) is 4.69. The smallest absolute Gasteiger partial charge is 0.193 e. The first-order valence-corrected chi connectivity index (χ1v) is 6.97. The summed E-state index contributed by atoms with van der Waals surface area (Å²) in [6.45, 7) is 2.93. The Kier molecular flexibility index (Phi) is 4.71. The Morgan fingerprint density at radius 3 is 3.11 bits per heavy atom. The largest absolute Gasteiger partial charge is 0.384 e. The van der Waals surface area contributed by atoms with Gasteiger partial charge in [-0.1, -0.05) is 6.92 Å². The van der Waals surface area contributed by atoms with Gasteiger partial charge in [-0.05, 0) is 12.3 Å². The molecule has 3 N–H and O–H groups in total. The highest BCUT2D eigenvalue weighted by Crippen LogP contribution is 2.15. The fraction of sp³-hybridized carbons (Fsp3) is 0.583. The van der Waals surface area contributed by atoms with Crippen molar-refractivity contribution >= 4 is 16.3 Å². The number of fused-ring (bicyclic) bond motifs is 1. The Balaban J connectivity index is 1.95. The number of methoxy groups -OCH3 is 1. The SMILES string of the molecule is COCC(C)CC(Cc1cn2ccsc2n1)NN. The van der Waals surface area contributed by atoms with Crippen molar-refractivity contribution in [2.45, 2.75) is 25.8 Å². The highest BCUT2D eigenvalue weighted by atomic mass is 32.1. The molecule has 5 nitrogen and oxygen atoms in total. The zero-order valence-corrected chi connectivity index (χ0v) is 11.6. The molecule has 0 bridgehead atoms. The summed E-state index contributed by atoms with van der Waals surface area (Å²) >= 11 is 1.65. The van der Waals surface area contributed by atoms with Crippen LogP contribution in [0.15, 0.2) is 17.8 Å². The maximum Gasteiger partial charge on any atom is 0.193 e. The Labute approximate surface area is 111 Å². The molecule has 2 aromatic heterocycles. The van der Waals surface area contributed by atoms with Crippen molar-refractivity contribution in [1.82, 2.24) is 14.8 Å². The highest BCUT2D eigenvalue weighted by molar-refractivity contribution is 7.15. The lowest BCUT2D eigenvalue weighted by atomic mass is 10.00. The molecule has 2 rings (SSSR count). The molecule has 2 aromatic rings. The summed E-state index contributed by atoms with van der Waals surface area (Å²) in [6.07, 6.45) is 5.92. The maximum atomic E-state index is 5.61. The van der Waals surface area contributed by atoms with E-state index in [1.54, 1.807) is 18.4 Å². The first-order chi connectivity index (χ1) is 8.72. The zero-order valence-electron chi connectivity index (χ0n) is 10.8. The van der Waals surface area contributed by atoms with E-state index in [-0.39, 0.29) is 6.04 Å². The van der Waals surface area contributed by atoms with Gasteiger partial charge >= 0.3 is 0 Å². The average molecular weight is 268 g/mol. The van der Waals surface area contributed by atoms with Gasteiger partial charge in [0.1, 0.15) is 0 Å². The van der Waals surface area contributed by atoms with E-state index < -0.39 is 0 Å². The van der Waals surface area contributed by atoms with E-state index in [0.29, 0.717) is 5.92 Å². The van der Waals surface area contributed by atoms with Crippen LogP contribution in [0.2, 0.25) is 0 Å². The van der Waals surface area contributed by atoms with Gasteiger partial charge in [-0.15, -0.1) is 11.3 Å². The summed E-state index contributed by atoms with van der Waals surface area (Å²) in [5.41, 5.74) is 3.95. The van der Waals surface area contributed by atoms with Crippen molar-refractivity contribution in [2.24, 2.45) is 11.8 Å². The Hall–Kier alpha value is -0.950. The van der Waals surface area contributed by atoms with Gasteiger partial charge in [0.15, 0.2) is 4.96 Å². The summed E-state index contributed by atoms with van der Waals surface area (Å²) in [4.78, 5) is 5.60. The lowest BCUT2D eigenvalue weighted by molar-refractivity contribution is 0.149. The number of ether oxygens (including phenoxy) is 1. The predicted octanol–water partition coefficient (Wildman–Crippen LogP) is 1.44. The van der Waals surface area contributed by atoms with Gasteiger partial charge in [0.25, 0.3) is 0 Å². The van der Waals surface area contributed by atoms with Crippen molar-refractivity contribution in [3.05, 3.63) is 23.5 Å². The summed E-state index contributed by atoms with van der Waals surface area (Å²) in [5.74, 6) is 6.10. The van der Waals surface area contributed by atoms with Gasteiger partial charge in [-0.25, -0.2) is 4.98 Å². The summed E-state index contributed by atoms with van der Waals surface area (Å²) in [7, 11) is 1.73. The molecule has 0 saturated heterocycles. The van der Waals surface area contributed by atoms with Gasteiger partial charge in [0.05, 0.1) is 5.69 Å². The number of hydrogen-bond acceptors (Lipinski definition) is 5. The predicted molar refractivity (Wildman–Crippen MR) is 73.5 cm³/mol. The Morgan fingerprint density at radius 1 is 1.61 bits per heavy atom. The van der Waals surface area contributed by atoms with E-state index in [9.17, 15) is 0 Å². The Bertz CT molecular complexity index is 453. The fourth-order valence-corrected chi connectivity index (χ4v) is 2.89. The van der Waals surface area contributed by atoms with Crippen molar-refractivity contribution < 1.29 is 4.74 Å². The molecule has 0 fully saturated rings. The van der Waals surface area contributed by atoms with Crippen LogP contribution in [0.4, 0.5) is 0 Å². The zero-order chi connectivity index (χ0) is 13.0. The van der Waals surface area contributed by atoms with E-state index in [1.807, 2.05) is 16.0 Å². The number of rotatable bonds is 7. The van der Waals surface area contributed by atoms with Crippen LogP contribution in [-0.4, -0.2) is 29.1 Å². The molecule has 0 aromatic carbocycles. The molecule has 0 aliphatic heterocycles. The monoisotopic (exact) mass is 268 g/mol. The number of thiazole rings is 1. The van der Waals surface area contributed by atoms with Crippen LogP contribution in [0.5, 0.6) is 0 Å². The van der Waals surface area contributed by atoms with Gasteiger partial charge in [0.2, 0.25) is 0 Å². The molecule has 2 atom stereocenters. The fourth-order valence-electron chi connectivity index (χ4n) is 2.18. The molecule has 18 heavy (non-hydrogen) atoms. The third kappa shape index (κ3) is 3.29. The van der Waals surface area contributed by atoms with E-state index in [4.69, 9.17) is 10.6 Å². The standard InChI is InChI=1S/C12H20N4OS/c1-9(8-17-2)5-10(15-13)6-11-7-16-3-4-18-12(16)14-11/h3-4,7,9-10,15H,5-6,8,13H2,1-2H3. The molecule has 0 aliphatic carbocycles. The molecule has 0 amide bonds. The molecule has 0 saturated carbocycles. The van der Waals surface area contributed by atoms with Crippen LogP contribution >= 0.6 is 11.3 Å². The number of nitrogens with zero attached hydrogens (tertiary/aromatic N) is 2. The number of imidazole rings is 1.